The number of H-pyrrole nitrogens is 1. The third kappa shape index (κ3) is 6.41. The maximum atomic E-state index is 15.2. The Morgan fingerprint density at radius 2 is 1.73 bits per heavy atom. The Bertz CT molecular complexity index is 2380. The second kappa shape index (κ2) is 14.3. The summed E-state index contributed by atoms with van der Waals surface area (Å²) in [5, 5.41) is 17.8. The molecule has 0 aliphatic heterocycles. The summed E-state index contributed by atoms with van der Waals surface area (Å²) >= 11 is 0. The van der Waals surface area contributed by atoms with Crippen molar-refractivity contribution < 1.29 is 28.6 Å². The lowest BCUT2D eigenvalue weighted by atomic mass is 9.63. The van der Waals surface area contributed by atoms with E-state index in [0.717, 1.165) is 55.0 Å². The number of carboxylic acid groups (broad SMARTS) is 1. The molecule has 0 saturated carbocycles. The number of carboxylic acids is 1. The van der Waals surface area contributed by atoms with Crippen molar-refractivity contribution in [2.45, 2.75) is 47.1 Å². The SMILES string of the molecule is CCn1c2ccc(C3=C(C)C(C)=CCC3(CCOC)C(=O)C(=O)c3ccccc3)cc2c2cc(C)cc(F)c21.O=C(O)c1ccc2[nH]ncc2c1. The van der Waals surface area contributed by atoms with Crippen LogP contribution in [0.3, 0.4) is 0 Å². The number of aromatic amines is 1. The fraction of sp³-hybridized carbons (Fsp3) is 0.238. The fourth-order valence-electron chi connectivity index (χ4n) is 7.27. The van der Waals surface area contributed by atoms with Crippen molar-refractivity contribution in [3.05, 3.63) is 130 Å². The number of hydrogen-bond acceptors (Lipinski definition) is 5. The third-order valence-corrected chi connectivity index (χ3v) is 9.96. The number of halogens is 1. The Labute approximate surface area is 295 Å². The summed E-state index contributed by atoms with van der Waals surface area (Å²) in [6, 6.07) is 23.3. The van der Waals surface area contributed by atoms with Crippen molar-refractivity contribution in [1.82, 2.24) is 14.8 Å². The maximum absolute atomic E-state index is 15.2. The highest BCUT2D eigenvalue weighted by Crippen LogP contribution is 2.50. The van der Waals surface area contributed by atoms with E-state index in [1.54, 1.807) is 61.8 Å². The van der Waals surface area contributed by atoms with Crippen LogP contribution in [0, 0.1) is 18.2 Å². The average molecular weight is 686 g/mol. The van der Waals surface area contributed by atoms with Gasteiger partial charge in [0.05, 0.1) is 28.2 Å². The molecule has 2 heterocycles. The summed E-state index contributed by atoms with van der Waals surface area (Å²) in [6.45, 7) is 8.93. The normalized spacial score (nSPS) is 15.9. The summed E-state index contributed by atoms with van der Waals surface area (Å²) in [5.74, 6) is -2.08. The average Bonchev–Trinajstić information content (AvgIpc) is 3.74. The van der Waals surface area contributed by atoms with Crippen molar-refractivity contribution in [2.75, 3.05) is 13.7 Å². The number of allylic oxidation sites excluding steroid dienone is 4. The smallest absolute Gasteiger partial charge is 0.335 e. The molecule has 0 spiro atoms. The van der Waals surface area contributed by atoms with E-state index in [-0.39, 0.29) is 11.4 Å². The molecule has 1 aliphatic rings. The summed E-state index contributed by atoms with van der Waals surface area (Å²) in [6.07, 6.45) is 4.45. The molecule has 260 valence electrons. The van der Waals surface area contributed by atoms with Gasteiger partial charge in [-0.25, -0.2) is 9.18 Å². The Balaban J connectivity index is 0.000000313. The van der Waals surface area contributed by atoms with Crippen LogP contribution in [0.4, 0.5) is 4.39 Å². The molecule has 0 fully saturated rings. The number of methoxy groups -OCH3 is 1. The van der Waals surface area contributed by atoms with Crippen LogP contribution in [-0.2, 0) is 16.1 Å². The van der Waals surface area contributed by atoms with Gasteiger partial charge in [-0.2, -0.15) is 5.10 Å². The largest absolute Gasteiger partial charge is 0.478 e. The minimum Gasteiger partial charge on any atom is -0.478 e. The number of nitrogens with zero attached hydrogens (tertiary/aromatic N) is 2. The lowest BCUT2D eigenvalue weighted by Crippen LogP contribution is -2.40. The molecule has 7 rings (SSSR count). The van der Waals surface area contributed by atoms with Crippen LogP contribution in [0.2, 0.25) is 0 Å². The van der Waals surface area contributed by atoms with Gasteiger partial charge in [0.2, 0.25) is 11.6 Å². The number of Topliss-reactive ketones (excluding diaryl/α,β-unsaturated/α-hetero) is 2. The first-order chi connectivity index (χ1) is 24.5. The lowest BCUT2D eigenvalue weighted by molar-refractivity contribution is -0.122. The van der Waals surface area contributed by atoms with Gasteiger partial charge < -0.3 is 14.4 Å². The van der Waals surface area contributed by atoms with Gasteiger partial charge in [0.1, 0.15) is 5.82 Å². The monoisotopic (exact) mass is 685 g/mol. The molecule has 2 aromatic heterocycles. The molecule has 9 heteroatoms. The molecule has 51 heavy (non-hydrogen) atoms. The first-order valence-corrected chi connectivity index (χ1v) is 16.9. The molecule has 2 N–H and O–H groups in total. The number of benzene rings is 4. The van der Waals surface area contributed by atoms with Gasteiger partial charge >= 0.3 is 5.97 Å². The molecular formula is C42H40FN3O5. The van der Waals surface area contributed by atoms with Crippen molar-refractivity contribution >= 4 is 55.8 Å². The topological polar surface area (TPSA) is 114 Å². The van der Waals surface area contributed by atoms with Gasteiger partial charge in [-0.05, 0) is 105 Å². The van der Waals surface area contributed by atoms with E-state index in [9.17, 15) is 14.4 Å². The predicted molar refractivity (Wildman–Crippen MR) is 199 cm³/mol. The van der Waals surface area contributed by atoms with Crippen molar-refractivity contribution in [2.24, 2.45) is 5.41 Å². The number of carbonyl (C=O) groups is 3. The van der Waals surface area contributed by atoms with E-state index in [2.05, 4.69) is 22.3 Å². The van der Waals surface area contributed by atoms with E-state index in [1.165, 1.54) is 0 Å². The van der Waals surface area contributed by atoms with Gasteiger partial charge in [0.15, 0.2) is 0 Å². The Morgan fingerprint density at radius 1 is 0.961 bits per heavy atom. The zero-order valence-corrected chi connectivity index (χ0v) is 29.3. The highest BCUT2D eigenvalue weighted by molar-refractivity contribution is 6.47. The predicted octanol–water partition coefficient (Wildman–Crippen LogP) is 9.12. The molecule has 1 atom stereocenters. The molecule has 6 aromatic rings. The first-order valence-electron chi connectivity index (χ1n) is 16.9. The second-order valence-electron chi connectivity index (χ2n) is 13.0. The second-order valence-corrected chi connectivity index (χ2v) is 13.0. The minimum absolute atomic E-state index is 0.241. The van der Waals surface area contributed by atoms with Crippen molar-refractivity contribution in [1.29, 1.82) is 0 Å². The van der Waals surface area contributed by atoms with Crippen LogP contribution in [0.5, 0.6) is 0 Å². The highest BCUT2D eigenvalue weighted by Gasteiger charge is 2.47. The number of aryl methyl sites for hydroxylation is 2. The Kier molecular flexibility index (Phi) is 9.85. The minimum atomic E-state index is -1.08. The standard InChI is InChI=1S/C34H34FNO3.C8H6N2O2/c1-6-36-29-13-12-25(20-26(29)27-18-21(2)19-28(35)31(27)36)30-23(4)22(3)14-15-34(30,16-17-39-5)33(38)32(37)24-10-8-7-9-11-24;11-8(12)5-1-2-7-6(3-5)4-9-10-7/h7-14,18-20H,6,15-17H2,1-5H3;1-4H,(H,9,10)(H,11,12). The molecule has 0 saturated heterocycles. The molecule has 0 bridgehead atoms. The molecule has 1 aliphatic carbocycles. The number of rotatable bonds is 9. The van der Waals surface area contributed by atoms with Gasteiger partial charge in [0.25, 0.3) is 0 Å². The Hall–Kier alpha value is -5.67. The number of ketones is 2. The van der Waals surface area contributed by atoms with Gasteiger partial charge in [-0.3, -0.25) is 14.7 Å². The summed E-state index contributed by atoms with van der Waals surface area (Å²) in [5.41, 5.74) is 6.59. The van der Waals surface area contributed by atoms with E-state index in [0.29, 0.717) is 37.1 Å². The van der Waals surface area contributed by atoms with Crippen LogP contribution >= 0.6 is 0 Å². The molecule has 0 radical (unpaired) electrons. The summed E-state index contributed by atoms with van der Waals surface area (Å²) in [4.78, 5) is 38.4. The molecule has 4 aromatic carbocycles. The number of fused-ring (bicyclic) bond motifs is 4. The van der Waals surface area contributed by atoms with E-state index < -0.39 is 23.0 Å². The van der Waals surface area contributed by atoms with Crippen LogP contribution < -0.4 is 0 Å². The van der Waals surface area contributed by atoms with Crippen molar-refractivity contribution in [3.8, 4) is 0 Å². The lowest BCUT2D eigenvalue weighted by Gasteiger charge is -2.38. The molecular weight excluding hydrogens is 645 g/mol. The fourth-order valence-corrected chi connectivity index (χ4v) is 7.27. The summed E-state index contributed by atoms with van der Waals surface area (Å²) in [7, 11) is 1.61. The number of carbonyl (C=O) groups excluding carboxylic acids is 2. The van der Waals surface area contributed by atoms with Gasteiger partial charge in [-0.1, -0.05) is 48.0 Å². The highest BCUT2D eigenvalue weighted by atomic mass is 19.1. The quantitative estimate of drug-likeness (QED) is 0.116. The number of hydrogen-bond donors (Lipinski definition) is 2. The van der Waals surface area contributed by atoms with Gasteiger partial charge in [-0.15, -0.1) is 0 Å². The summed E-state index contributed by atoms with van der Waals surface area (Å²) < 4.78 is 22.7. The number of nitrogens with one attached hydrogen (secondary N) is 1. The van der Waals surface area contributed by atoms with Crippen LogP contribution in [0.25, 0.3) is 38.3 Å². The van der Waals surface area contributed by atoms with Crippen molar-refractivity contribution in [3.63, 3.8) is 0 Å². The third-order valence-electron chi connectivity index (χ3n) is 9.96. The van der Waals surface area contributed by atoms with E-state index in [1.807, 2.05) is 56.5 Å². The van der Waals surface area contributed by atoms with Crippen LogP contribution in [-0.4, -0.2) is 51.1 Å². The first kappa shape index (κ1) is 35.2. The number of aromatic nitrogens is 3. The van der Waals surface area contributed by atoms with Crippen LogP contribution in [0.15, 0.2) is 102 Å². The zero-order chi connectivity index (χ0) is 36.4. The molecule has 8 nitrogen and oxygen atoms in total. The maximum Gasteiger partial charge on any atom is 0.335 e. The van der Waals surface area contributed by atoms with Crippen LogP contribution in [0.1, 0.15) is 65.5 Å². The van der Waals surface area contributed by atoms with E-state index in [4.69, 9.17) is 9.84 Å². The number of ether oxygens (including phenoxy) is 1. The number of aromatic carboxylic acids is 1. The zero-order valence-electron chi connectivity index (χ0n) is 29.3. The molecule has 0 amide bonds. The molecule has 1 unspecified atom stereocenters. The Morgan fingerprint density at radius 3 is 2.43 bits per heavy atom. The van der Waals surface area contributed by atoms with E-state index >= 15 is 4.39 Å². The van der Waals surface area contributed by atoms with Gasteiger partial charge in [0, 0.05) is 47.5 Å².